The average Bonchev–Trinajstić information content (AvgIpc) is 2.59. The summed E-state index contributed by atoms with van der Waals surface area (Å²) < 4.78 is 45.0. The second-order valence-electron chi connectivity index (χ2n) is 6.02. The van der Waals surface area contributed by atoms with Crippen molar-refractivity contribution < 1.29 is 17.9 Å². The first-order valence-electron chi connectivity index (χ1n) is 8.07. The highest BCUT2D eigenvalue weighted by Crippen LogP contribution is 2.39. The van der Waals surface area contributed by atoms with Gasteiger partial charge in [-0.05, 0) is 17.0 Å². The van der Waals surface area contributed by atoms with E-state index in [9.17, 15) is 13.2 Å². The van der Waals surface area contributed by atoms with E-state index < -0.39 is 18.6 Å². The van der Waals surface area contributed by atoms with Gasteiger partial charge in [-0.25, -0.2) is 0 Å². The highest BCUT2D eigenvalue weighted by molar-refractivity contribution is 5.91. The van der Waals surface area contributed by atoms with Crippen molar-refractivity contribution in [3.05, 3.63) is 42.0 Å². The Bertz CT molecular complexity index is 702. The van der Waals surface area contributed by atoms with Crippen molar-refractivity contribution in [1.82, 2.24) is 10.2 Å². The minimum atomic E-state index is -4.21. The molecule has 1 aliphatic rings. The molecule has 2 aromatic rings. The summed E-state index contributed by atoms with van der Waals surface area (Å²) in [5.41, 5.74) is 0.714. The summed E-state index contributed by atoms with van der Waals surface area (Å²) in [6.45, 7) is 2.65. The number of ether oxygens (including phenoxy) is 1. The SMILES string of the molecule is COc1ccc([C@@H](CC(F)(F)F)N2CCNCC2)c2ccccc12.Cl. The molecule has 3 rings (SSSR count). The molecule has 0 saturated carbocycles. The molecule has 1 heterocycles. The van der Waals surface area contributed by atoms with Crippen molar-refractivity contribution >= 4 is 23.2 Å². The zero-order valence-corrected chi connectivity index (χ0v) is 14.8. The van der Waals surface area contributed by atoms with Gasteiger partial charge in [-0.3, -0.25) is 4.90 Å². The molecule has 7 heteroatoms. The largest absolute Gasteiger partial charge is 0.496 e. The highest BCUT2D eigenvalue weighted by Gasteiger charge is 2.36. The molecule has 0 aliphatic carbocycles. The number of hydrogen-bond donors (Lipinski definition) is 1. The Morgan fingerprint density at radius 1 is 1.08 bits per heavy atom. The molecule has 138 valence electrons. The molecule has 1 aliphatic heterocycles. The fraction of sp³-hybridized carbons (Fsp3) is 0.444. The van der Waals surface area contributed by atoms with Gasteiger partial charge in [0.2, 0.25) is 0 Å². The number of fused-ring (bicyclic) bond motifs is 1. The highest BCUT2D eigenvalue weighted by atomic mass is 35.5. The van der Waals surface area contributed by atoms with Gasteiger partial charge in [0.1, 0.15) is 5.75 Å². The fourth-order valence-corrected chi connectivity index (χ4v) is 3.41. The van der Waals surface area contributed by atoms with Gasteiger partial charge < -0.3 is 10.1 Å². The first-order valence-corrected chi connectivity index (χ1v) is 8.07. The van der Waals surface area contributed by atoms with E-state index in [2.05, 4.69) is 5.32 Å². The summed E-state index contributed by atoms with van der Waals surface area (Å²) in [5.74, 6) is 0.681. The molecule has 0 bridgehead atoms. The van der Waals surface area contributed by atoms with E-state index in [0.717, 1.165) is 10.8 Å². The molecule has 0 radical (unpaired) electrons. The quantitative estimate of drug-likeness (QED) is 0.869. The van der Waals surface area contributed by atoms with E-state index in [4.69, 9.17) is 4.74 Å². The van der Waals surface area contributed by atoms with Crippen molar-refractivity contribution in [1.29, 1.82) is 0 Å². The topological polar surface area (TPSA) is 24.5 Å². The van der Waals surface area contributed by atoms with Crippen LogP contribution in [0.1, 0.15) is 18.0 Å². The Morgan fingerprint density at radius 3 is 2.32 bits per heavy atom. The Labute approximate surface area is 151 Å². The van der Waals surface area contributed by atoms with E-state index in [-0.39, 0.29) is 12.4 Å². The van der Waals surface area contributed by atoms with Crippen LogP contribution in [-0.2, 0) is 0 Å². The second kappa shape index (κ2) is 8.25. The molecular weight excluding hydrogens is 353 g/mol. The van der Waals surface area contributed by atoms with Gasteiger partial charge in [-0.1, -0.05) is 30.3 Å². The molecule has 1 fully saturated rings. The summed E-state index contributed by atoms with van der Waals surface area (Å²) >= 11 is 0. The van der Waals surface area contributed by atoms with E-state index >= 15 is 0 Å². The van der Waals surface area contributed by atoms with Crippen LogP contribution >= 0.6 is 12.4 Å². The Balaban J connectivity index is 0.00000225. The third kappa shape index (κ3) is 4.57. The maximum atomic E-state index is 13.2. The molecule has 1 N–H and O–H groups in total. The maximum Gasteiger partial charge on any atom is 0.390 e. The monoisotopic (exact) mass is 374 g/mol. The number of rotatable bonds is 4. The van der Waals surface area contributed by atoms with Gasteiger partial charge in [0.05, 0.1) is 13.5 Å². The van der Waals surface area contributed by atoms with Crippen molar-refractivity contribution in [3.63, 3.8) is 0 Å². The molecule has 1 atom stereocenters. The standard InChI is InChI=1S/C18H21F3N2O.ClH/c1-24-17-7-6-14(13-4-2-3-5-15(13)17)16(12-18(19,20)21)23-10-8-22-9-11-23;/h2-7,16,22H,8-12H2,1H3;1H/t16-;/m1./s1. The van der Waals surface area contributed by atoms with E-state index in [1.807, 2.05) is 29.2 Å². The van der Waals surface area contributed by atoms with Gasteiger partial charge in [-0.15, -0.1) is 12.4 Å². The van der Waals surface area contributed by atoms with E-state index in [1.165, 1.54) is 0 Å². The molecule has 0 spiro atoms. The Morgan fingerprint density at radius 2 is 1.72 bits per heavy atom. The summed E-state index contributed by atoms with van der Waals surface area (Å²) in [5, 5.41) is 4.87. The summed E-state index contributed by atoms with van der Waals surface area (Å²) in [7, 11) is 1.57. The molecule has 3 nitrogen and oxygen atoms in total. The number of benzene rings is 2. The van der Waals surface area contributed by atoms with Crippen LogP contribution in [0.25, 0.3) is 10.8 Å². The third-order valence-electron chi connectivity index (χ3n) is 4.51. The summed E-state index contributed by atoms with van der Waals surface area (Å²) in [6, 6.07) is 10.4. The number of piperazine rings is 1. The molecule has 1 saturated heterocycles. The lowest BCUT2D eigenvalue weighted by Crippen LogP contribution is -2.46. The van der Waals surface area contributed by atoms with Crippen LogP contribution < -0.4 is 10.1 Å². The van der Waals surface area contributed by atoms with E-state index in [1.54, 1.807) is 19.2 Å². The number of methoxy groups -OCH3 is 1. The lowest BCUT2D eigenvalue weighted by Gasteiger charge is -2.36. The Kier molecular flexibility index (Phi) is 6.54. The minimum Gasteiger partial charge on any atom is -0.496 e. The van der Waals surface area contributed by atoms with Crippen molar-refractivity contribution in [3.8, 4) is 5.75 Å². The molecular formula is C18H22ClF3N2O. The van der Waals surface area contributed by atoms with Crippen molar-refractivity contribution in [2.75, 3.05) is 33.3 Å². The van der Waals surface area contributed by atoms with Crippen LogP contribution in [0.3, 0.4) is 0 Å². The predicted molar refractivity (Wildman–Crippen MR) is 95.6 cm³/mol. The van der Waals surface area contributed by atoms with Gasteiger partial charge in [0.25, 0.3) is 0 Å². The lowest BCUT2D eigenvalue weighted by molar-refractivity contribution is -0.148. The Hall–Kier alpha value is -1.50. The van der Waals surface area contributed by atoms with Crippen molar-refractivity contribution in [2.45, 2.75) is 18.6 Å². The van der Waals surface area contributed by atoms with Gasteiger partial charge in [0.15, 0.2) is 0 Å². The van der Waals surface area contributed by atoms with Crippen LogP contribution in [-0.4, -0.2) is 44.4 Å². The number of hydrogen-bond acceptors (Lipinski definition) is 3. The molecule has 2 aromatic carbocycles. The van der Waals surface area contributed by atoms with Gasteiger partial charge in [-0.2, -0.15) is 13.2 Å². The predicted octanol–water partition coefficient (Wildman–Crippen LogP) is 4.17. The fourth-order valence-electron chi connectivity index (χ4n) is 3.41. The average molecular weight is 375 g/mol. The van der Waals surface area contributed by atoms with Gasteiger partial charge in [0, 0.05) is 37.6 Å². The van der Waals surface area contributed by atoms with Crippen LogP contribution in [0, 0.1) is 0 Å². The van der Waals surface area contributed by atoms with Gasteiger partial charge >= 0.3 is 6.18 Å². The van der Waals surface area contributed by atoms with Crippen LogP contribution in [0.15, 0.2) is 36.4 Å². The normalized spacial score (nSPS) is 17.1. The summed E-state index contributed by atoms with van der Waals surface area (Å²) in [6.07, 6.45) is -5.06. The zero-order valence-electron chi connectivity index (χ0n) is 14.0. The van der Waals surface area contributed by atoms with E-state index in [0.29, 0.717) is 37.5 Å². The summed E-state index contributed by atoms with van der Waals surface area (Å²) in [4.78, 5) is 1.93. The number of alkyl halides is 3. The molecule has 0 aromatic heterocycles. The van der Waals surface area contributed by atoms with Crippen LogP contribution in [0.2, 0.25) is 0 Å². The van der Waals surface area contributed by atoms with Crippen molar-refractivity contribution in [2.24, 2.45) is 0 Å². The first kappa shape index (κ1) is 19.8. The second-order valence-corrected chi connectivity index (χ2v) is 6.02. The molecule has 0 unspecified atom stereocenters. The van der Waals surface area contributed by atoms with Crippen LogP contribution in [0.5, 0.6) is 5.75 Å². The smallest absolute Gasteiger partial charge is 0.390 e. The maximum absolute atomic E-state index is 13.2. The first-order chi connectivity index (χ1) is 11.5. The molecule has 25 heavy (non-hydrogen) atoms. The van der Waals surface area contributed by atoms with Crippen LogP contribution in [0.4, 0.5) is 13.2 Å². The number of halogens is 4. The lowest BCUT2D eigenvalue weighted by atomic mass is 9.94. The zero-order chi connectivity index (χ0) is 17.2. The minimum absolute atomic E-state index is 0. The number of nitrogens with zero attached hydrogens (tertiary/aromatic N) is 1. The molecule has 0 amide bonds. The number of nitrogens with one attached hydrogen (secondary N) is 1. The third-order valence-corrected chi connectivity index (χ3v) is 4.51.